The molecule has 7 heteroatoms. The molecule has 0 aliphatic carbocycles. The van der Waals surface area contributed by atoms with E-state index in [1.54, 1.807) is 4.90 Å². The van der Waals surface area contributed by atoms with Gasteiger partial charge in [-0.1, -0.05) is 42.5 Å². The summed E-state index contributed by atoms with van der Waals surface area (Å²) in [5.74, 6) is 0.555. The van der Waals surface area contributed by atoms with Crippen LogP contribution in [0.3, 0.4) is 0 Å². The van der Waals surface area contributed by atoms with E-state index in [4.69, 9.17) is 17.0 Å². The van der Waals surface area contributed by atoms with Crippen LogP contribution in [-0.2, 0) is 14.3 Å². The average molecular weight is 394 g/mol. The summed E-state index contributed by atoms with van der Waals surface area (Å²) in [6.07, 6.45) is 4.67. The van der Waals surface area contributed by atoms with Crippen LogP contribution < -0.4 is 4.74 Å². The topological polar surface area (TPSA) is 55.8 Å². The maximum atomic E-state index is 12.6. The molecule has 2 rings (SSSR count). The van der Waals surface area contributed by atoms with Crippen LogP contribution in [0.2, 0.25) is 0 Å². The molecule has 0 N–H and O–H groups in total. The minimum absolute atomic E-state index is 0.0538. The Labute approximate surface area is 163 Å². The molecule has 0 spiro atoms. The van der Waals surface area contributed by atoms with Crippen LogP contribution >= 0.6 is 24.0 Å². The molecule has 1 amide bonds. The van der Waals surface area contributed by atoms with Crippen LogP contribution in [0.4, 0.5) is 0 Å². The summed E-state index contributed by atoms with van der Waals surface area (Å²) in [4.78, 5) is 25.9. The largest absolute Gasteiger partial charge is 0.494 e. The highest BCUT2D eigenvalue weighted by Gasteiger charge is 2.31. The monoisotopic (exact) mass is 393 g/mol. The molecule has 5 nitrogen and oxygen atoms in total. The van der Waals surface area contributed by atoms with Crippen molar-refractivity contribution in [2.45, 2.75) is 32.6 Å². The predicted molar refractivity (Wildman–Crippen MR) is 108 cm³/mol. The summed E-state index contributed by atoms with van der Waals surface area (Å²) in [5.41, 5.74) is 0.937. The summed E-state index contributed by atoms with van der Waals surface area (Å²) in [5, 5.41) is 0. The number of esters is 1. The Morgan fingerprint density at radius 1 is 1.23 bits per heavy atom. The molecule has 1 aromatic carbocycles. The lowest BCUT2D eigenvalue weighted by atomic mass is 10.2. The van der Waals surface area contributed by atoms with Crippen LogP contribution in [0.1, 0.15) is 38.2 Å². The quantitative estimate of drug-likeness (QED) is 0.273. The van der Waals surface area contributed by atoms with Crippen molar-refractivity contribution < 1.29 is 19.1 Å². The number of benzene rings is 1. The van der Waals surface area contributed by atoms with Gasteiger partial charge < -0.3 is 9.47 Å². The molecule has 1 fully saturated rings. The van der Waals surface area contributed by atoms with Crippen molar-refractivity contribution in [3.63, 3.8) is 0 Å². The van der Waals surface area contributed by atoms with Crippen molar-refractivity contribution in [1.82, 2.24) is 4.90 Å². The summed E-state index contributed by atoms with van der Waals surface area (Å²) in [6, 6.07) is 7.61. The lowest BCUT2D eigenvalue weighted by Gasteiger charge is -2.13. The van der Waals surface area contributed by atoms with Gasteiger partial charge in [0.1, 0.15) is 10.1 Å². The third-order valence-corrected chi connectivity index (χ3v) is 5.23. The average Bonchev–Trinajstić information content (AvgIpc) is 2.90. The highest BCUT2D eigenvalue weighted by Crippen LogP contribution is 2.33. The van der Waals surface area contributed by atoms with Crippen LogP contribution in [0.5, 0.6) is 5.75 Å². The van der Waals surface area contributed by atoms with Gasteiger partial charge in [0, 0.05) is 13.0 Å². The highest BCUT2D eigenvalue weighted by atomic mass is 32.2. The molecule has 0 aromatic heterocycles. The number of carbonyl (C=O) groups excluding carboxylic acids is 2. The number of hydrogen-bond donors (Lipinski definition) is 0. The molecule has 1 aliphatic rings. The second-order valence-electron chi connectivity index (χ2n) is 5.72. The molecule has 0 saturated carbocycles. The Morgan fingerprint density at radius 3 is 2.62 bits per heavy atom. The predicted octanol–water partition coefficient (Wildman–Crippen LogP) is 4.02. The fraction of sp³-hybridized carbons (Fsp3) is 0.421. The van der Waals surface area contributed by atoms with E-state index < -0.39 is 0 Å². The zero-order valence-corrected chi connectivity index (χ0v) is 16.7. The van der Waals surface area contributed by atoms with E-state index in [-0.39, 0.29) is 11.9 Å². The van der Waals surface area contributed by atoms with Gasteiger partial charge in [0.05, 0.1) is 18.6 Å². The van der Waals surface area contributed by atoms with Gasteiger partial charge in [-0.15, -0.1) is 0 Å². The van der Waals surface area contributed by atoms with Gasteiger partial charge in [-0.3, -0.25) is 14.5 Å². The number of unbranched alkanes of at least 4 members (excludes halogenated alkanes) is 2. The van der Waals surface area contributed by atoms with E-state index in [1.807, 2.05) is 37.3 Å². The van der Waals surface area contributed by atoms with E-state index in [1.165, 1.54) is 18.9 Å². The Balaban J connectivity index is 1.88. The third-order valence-electron chi connectivity index (χ3n) is 3.85. The van der Waals surface area contributed by atoms with Gasteiger partial charge in [0.25, 0.3) is 5.91 Å². The Kier molecular flexibility index (Phi) is 8.12. The first-order chi connectivity index (χ1) is 12.5. The zero-order chi connectivity index (χ0) is 18.9. The van der Waals surface area contributed by atoms with Gasteiger partial charge in [0.15, 0.2) is 0 Å². The van der Waals surface area contributed by atoms with Gasteiger partial charge in [-0.05, 0) is 43.5 Å². The van der Waals surface area contributed by atoms with Crippen LogP contribution in [0, 0.1) is 0 Å². The smallest absolute Gasteiger partial charge is 0.305 e. The molecule has 0 unspecified atom stereocenters. The second-order valence-corrected chi connectivity index (χ2v) is 7.40. The molecule has 0 atom stereocenters. The lowest BCUT2D eigenvalue weighted by Crippen LogP contribution is -2.29. The van der Waals surface area contributed by atoms with Crippen molar-refractivity contribution in [3.05, 3.63) is 34.7 Å². The van der Waals surface area contributed by atoms with Crippen molar-refractivity contribution in [2.75, 3.05) is 20.3 Å². The van der Waals surface area contributed by atoms with Gasteiger partial charge in [-0.2, -0.15) is 0 Å². The summed E-state index contributed by atoms with van der Waals surface area (Å²) >= 11 is 6.66. The number of amides is 1. The van der Waals surface area contributed by atoms with Crippen LogP contribution in [0.25, 0.3) is 6.08 Å². The van der Waals surface area contributed by atoms with Gasteiger partial charge in [0.2, 0.25) is 0 Å². The minimum atomic E-state index is -0.200. The van der Waals surface area contributed by atoms with E-state index in [2.05, 4.69) is 4.74 Å². The van der Waals surface area contributed by atoms with Crippen molar-refractivity contribution in [1.29, 1.82) is 0 Å². The van der Waals surface area contributed by atoms with E-state index in [0.29, 0.717) is 28.8 Å². The minimum Gasteiger partial charge on any atom is -0.494 e. The van der Waals surface area contributed by atoms with Gasteiger partial charge in [-0.25, -0.2) is 0 Å². The van der Waals surface area contributed by atoms with E-state index in [9.17, 15) is 9.59 Å². The molecule has 0 bridgehead atoms. The molecule has 26 heavy (non-hydrogen) atoms. The number of methoxy groups -OCH3 is 1. The Morgan fingerprint density at radius 2 is 1.96 bits per heavy atom. The molecule has 1 saturated heterocycles. The Hall–Kier alpha value is -1.86. The number of hydrogen-bond acceptors (Lipinski definition) is 6. The summed E-state index contributed by atoms with van der Waals surface area (Å²) < 4.78 is 10.6. The molecular weight excluding hydrogens is 370 g/mol. The van der Waals surface area contributed by atoms with Crippen molar-refractivity contribution in [2.24, 2.45) is 0 Å². The first kappa shape index (κ1) is 20.5. The highest BCUT2D eigenvalue weighted by molar-refractivity contribution is 8.26. The molecule has 1 aliphatic heterocycles. The SMILES string of the molecule is CCOc1ccc(/C=C2\SC(=S)N(CCCCCC(=O)OC)C2=O)cc1. The van der Waals surface area contributed by atoms with Crippen molar-refractivity contribution in [3.8, 4) is 5.75 Å². The maximum Gasteiger partial charge on any atom is 0.305 e. The number of ether oxygens (including phenoxy) is 2. The standard InChI is InChI=1S/C19H23NO4S2/c1-3-24-15-10-8-14(9-11-15)13-16-18(22)20(19(25)26-16)12-6-4-5-7-17(21)23-2/h8-11,13H,3-7,12H2,1-2H3/b16-13-. The first-order valence-electron chi connectivity index (χ1n) is 8.60. The fourth-order valence-corrected chi connectivity index (χ4v) is 3.80. The second kappa shape index (κ2) is 10.3. The molecule has 1 aromatic rings. The summed E-state index contributed by atoms with van der Waals surface area (Å²) in [6.45, 7) is 3.14. The van der Waals surface area contributed by atoms with E-state index in [0.717, 1.165) is 30.6 Å². The zero-order valence-electron chi connectivity index (χ0n) is 15.0. The number of thioether (sulfide) groups is 1. The molecule has 0 radical (unpaired) electrons. The number of carbonyl (C=O) groups is 2. The summed E-state index contributed by atoms with van der Waals surface area (Å²) in [7, 11) is 1.39. The van der Waals surface area contributed by atoms with Crippen LogP contribution in [-0.4, -0.2) is 41.4 Å². The Bertz CT molecular complexity index is 685. The third kappa shape index (κ3) is 5.85. The first-order valence-corrected chi connectivity index (χ1v) is 9.82. The maximum absolute atomic E-state index is 12.6. The van der Waals surface area contributed by atoms with Gasteiger partial charge >= 0.3 is 5.97 Å². The molecular formula is C19H23NO4S2. The number of rotatable bonds is 9. The molecule has 140 valence electrons. The van der Waals surface area contributed by atoms with Crippen molar-refractivity contribution >= 4 is 46.3 Å². The fourth-order valence-electron chi connectivity index (χ4n) is 2.49. The number of nitrogens with zero attached hydrogens (tertiary/aromatic N) is 1. The lowest BCUT2D eigenvalue weighted by molar-refractivity contribution is -0.140. The molecule has 1 heterocycles. The number of thiocarbonyl (C=S) groups is 1. The normalized spacial score (nSPS) is 15.6. The van der Waals surface area contributed by atoms with Crippen LogP contribution in [0.15, 0.2) is 29.2 Å². The van der Waals surface area contributed by atoms with E-state index >= 15 is 0 Å².